The first-order valence-corrected chi connectivity index (χ1v) is 6.46. The fourth-order valence-electron chi connectivity index (χ4n) is 1.83. The van der Waals surface area contributed by atoms with Crippen molar-refractivity contribution in [2.75, 3.05) is 18.1 Å². The highest BCUT2D eigenvalue weighted by atomic mass is 79.9. The van der Waals surface area contributed by atoms with Gasteiger partial charge < -0.3 is 9.84 Å². The number of hydrogen-bond donors (Lipinski definition) is 1. The second-order valence-electron chi connectivity index (χ2n) is 4.00. The summed E-state index contributed by atoms with van der Waals surface area (Å²) >= 11 is 3.45. The van der Waals surface area contributed by atoms with E-state index in [0.29, 0.717) is 6.54 Å². The highest BCUT2D eigenvalue weighted by Crippen LogP contribution is 2.27. The van der Waals surface area contributed by atoms with E-state index in [2.05, 4.69) is 15.9 Å². The molecule has 1 N–H and O–H groups in total. The summed E-state index contributed by atoms with van der Waals surface area (Å²) in [5.74, 6) is 0. The highest BCUT2D eigenvalue weighted by molar-refractivity contribution is 9.10. The van der Waals surface area contributed by atoms with Crippen molar-refractivity contribution in [3.8, 4) is 0 Å². The van der Waals surface area contributed by atoms with Gasteiger partial charge in [0, 0.05) is 10.2 Å². The van der Waals surface area contributed by atoms with E-state index in [-0.39, 0.29) is 6.61 Å². The molecule has 0 radical (unpaired) electrons. The minimum Gasteiger partial charge on any atom is -0.441 e. The Labute approximate surface area is 114 Å². The highest BCUT2D eigenvalue weighted by Gasteiger charge is 2.31. The number of aliphatic hydroxyl groups is 1. The lowest BCUT2D eigenvalue weighted by atomic mass is 10.1. The molecule has 0 bridgehead atoms. The van der Waals surface area contributed by atoms with Crippen molar-refractivity contribution < 1.29 is 14.6 Å². The van der Waals surface area contributed by atoms with Crippen LogP contribution in [0, 0.1) is 0 Å². The number of aliphatic hydroxyl groups excluding tert-OH is 1. The van der Waals surface area contributed by atoms with Gasteiger partial charge in [-0.05, 0) is 30.7 Å². The molecule has 96 valence electrons. The average molecular weight is 312 g/mol. The zero-order valence-corrected chi connectivity index (χ0v) is 11.6. The van der Waals surface area contributed by atoms with E-state index < -0.39 is 12.2 Å². The summed E-state index contributed by atoms with van der Waals surface area (Å²) < 4.78 is 5.98. The topological polar surface area (TPSA) is 49.8 Å². The third-order valence-corrected chi connectivity index (χ3v) is 3.44. The van der Waals surface area contributed by atoms with E-state index in [4.69, 9.17) is 9.84 Å². The van der Waals surface area contributed by atoms with Gasteiger partial charge in [-0.15, -0.1) is 0 Å². The normalized spacial score (nSPS) is 19.6. The van der Waals surface area contributed by atoms with Crippen LogP contribution in [0.2, 0.25) is 0 Å². The number of hydrogen-bond acceptors (Lipinski definition) is 3. The van der Waals surface area contributed by atoms with E-state index >= 15 is 0 Å². The lowest BCUT2D eigenvalue weighted by Gasteiger charge is -2.14. The van der Waals surface area contributed by atoms with Gasteiger partial charge in [-0.1, -0.05) is 28.1 Å². The van der Waals surface area contributed by atoms with Gasteiger partial charge in [-0.2, -0.15) is 0 Å². The summed E-state index contributed by atoms with van der Waals surface area (Å²) in [5, 5.41) is 9.01. The monoisotopic (exact) mass is 311 g/mol. The van der Waals surface area contributed by atoms with Crippen molar-refractivity contribution in [2.45, 2.75) is 13.0 Å². The number of benzene rings is 1. The third kappa shape index (κ3) is 2.57. The van der Waals surface area contributed by atoms with Crippen molar-refractivity contribution in [1.29, 1.82) is 0 Å². The average Bonchev–Trinajstić information content (AvgIpc) is 2.74. The Morgan fingerprint density at radius 1 is 1.61 bits per heavy atom. The van der Waals surface area contributed by atoms with E-state index in [1.165, 1.54) is 4.90 Å². The maximum Gasteiger partial charge on any atom is 0.414 e. The molecule has 1 heterocycles. The Hall–Kier alpha value is -1.33. The van der Waals surface area contributed by atoms with Gasteiger partial charge >= 0.3 is 6.09 Å². The Balaban J connectivity index is 2.29. The zero-order valence-electron chi connectivity index (χ0n) is 9.97. The van der Waals surface area contributed by atoms with Gasteiger partial charge in [0.05, 0.1) is 13.2 Å². The Morgan fingerprint density at radius 2 is 2.39 bits per heavy atom. The molecule has 1 aliphatic rings. The van der Waals surface area contributed by atoms with Crippen molar-refractivity contribution in [3.05, 3.63) is 34.3 Å². The van der Waals surface area contributed by atoms with Crippen LogP contribution in [0.5, 0.6) is 0 Å². The van der Waals surface area contributed by atoms with Crippen molar-refractivity contribution in [2.24, 2.45) is 0 Å². The third-order valence-electron chi connectivity index (χ3n) is 2.72. The maximum absolute atomic E-state index is 11.7. The molecule has 0 spiro atoms. The molecule has 0 aromatic heterocycles. The minimum atomic E-state index is -0.439. The largest absolute Gasteiger partial charge is 0.441 e. The number of halogens is 1. The molecule has 1 aromatic rings. The lowest BCUT2D eigenvalue weighted by molar-refractivity contribution is 0.0963. The first-order valence-electron chi connectivity index (χ1n) is 5.67. The Kier molecular flexibility index (Phi) is 4.04. The number of ether oxygens (including phenoxy) is 1. The summed E-state index contributed by atoms with van der Waals surface area (Å²) in [6.07, 6.45) is 3.04. The number of amides is 1. The van der Waals surface area contributed by atoms with Crippen LogP contribution in [-0.4, -0.2) is 30.5 Å². The van der Waals surface area contributed by atoms with Gasteiger partial charge in [-0.25, -0.2) is 4.79 Å². The molecule has 1 aliphatic heterocycles. The Bertz CT molecular complexity index is 487. The van der Waals surface area contributed by atoms with E-state index in [9.17, 15) is 4.79 Å². The summed E-state index contributed by atoms with van der Waals surface area (Å²) in [5.41, 5.74) is 1.77. The number of anilines is 1. The van der Waals surface area contributed by atoms with Gasteiger partial charge in [0.2, 0.25) is 0 Å². The SMILES string of the molecule is C/C=C/c1cc(N2C[C@H](CO)OC2=O)ccc1Br. The number of allylic oxidation sites excluding steroid dienone is 1. The van der Waals surface area contributed by atoms with Crippen LogP contribution in [0.25, 0.3) is 6.08 Å². The second-order valence-corrected chi connectivity index (χ2v) is 4.86. The number of nitrogens with zero attached hydrogens (tertiary/aromatic N) is 1. The first-order chi connectivity index (χ1) is 8.65. The second kappa shape index (κ2) is 5.54. The maximum atomic E-state index is 11.7. The standard InChI is InChI=1S/C13H14BrNO3/c1-2-3-9-6-10(4-5-12(9)14)15-7-11(8-16)18-13(15)17/h2-6,11,16H,7-8H2,1H3/b3-2+/t11-/m1/s1. The van der Waals surface area contributed by atoms with Crippen LogP contribution in [0.3, 0.4) is 0 Å². The van der Waals surface area contributed by atoms with Crippen LogP contribution in [-0.2, 0) is 4.74 Å². The molecule has 5 heteroatoms. The molecule has 1 fully saturated rings. The molecular weight excluding hydrogens is 298 g/mol. The van der Waals surface area contributed by atoms with Gasteiger partial charge in [0.1, 0.15) is 6.10 Å². The Morgan fingerprint density at radius 3 is 3.00 bits per heavy atom. The van der Waals surface area contributed by atoms with Crippen molar-refractivity contribution in [3.63, 3.8) is 0 Å². The van der Waals surface area contributed by atoms with Gasteiger partial charge in [0.15, 0.2) is 0 Å². The quantitative estimate of drug-likeness (QED) is 0.934. The van der Waals surface area contributed by atoms with Crippen LogP contribution in [0.1, 0.15) is 12.5 Å². The molecule has 1 amide bonds. The van der Waals surface area contributed by atoms with Crippen LogP contribution >= 0.6 is 15.9 Å². The van der Waals surface area contributed by atoms with Crippen LogP contribution in [0.4, 0.5) is 10.5 Å². The summed E-state index contributed by atoms with van der Waals surface area (Å²) in [6, 6.07) is 5.65. The summed E-state index contributed by atoms with van der Waals surface area (Å²) in [4.78, 5) is 13.2. The molecule has 1 atom stereocenters. The van der Waals surface area contributed by atoms with E-state index in [1.54, 1.807) is 0 Å². The summed E-state index contributed by atoms with van der Waals surface area (Å²) in [7, 11) is 0. The fourth-order valence-corrected chi connectivity index (χ4v) is 2.21. The number of cyclic esters (lactones) is 1. The molecule has 18 heavy (non-hydrogen) atoms. The smallest absolute Gasteiger partial charge is 0.414 e. The molecule has 0 saturated carbocycles. The van der Waals surface area contributed by atoms with Crippen molar-refractivity contribution >= 4 is 33.8 Å². The van der Waals surface area contributed by atoms with Gasteiger partial charge in [-0.3, -0.25) is 4.90 Å². The predicted molar refractivity (Wildman–Crippen MR) is 73.6 cm³/mol. The van der Waals surface area contributed by atoms with E-state index in [0.717, 1.165) is 15.7 Å². The molecular formula is C13H14BrNO3. The van der Waals surface area contributed by atoms with Crippen LogP contribution < -0.4 is 4.90 Å². The summed E-state index contributed by atoms with van der Waals surface area (Å²) in [6.45, 7) is 2.16. The fraction of sp³-hybridized carbons (Fsp3) is 0.308. The first kappa shape index (κ1) is 13.1. The minimum absolute atomic E-state index is 0.152. The zero-order chi connectivity index (χ0) is 13.1. The van der Waals surface area contributed by atoms with Gasteiger partial charge in [0.25, 0.3) is 0 Å². The molecule has 1 aromatic carbocycles. The lowest BCUT2D eigenvalue weighted by Crippen LogP contribution is -2.25. The molecule has 0 aliphatic carbocycles. The molecule has 1 saturated heterocycles. The molecule has 0 unspecified atom stereocenters. The molecule has 2 rings (SSSR count). The molecule has 4 nitrogen and oxygen atoms in total. The number of carbonyl (C=O) groups excluding carboxylic acids is 1. The van der Waals surface area contributed by atoms with E-state index in [1.807, 2.05) is 37.3 Å². The van der Waals surface area contributed by atoms with Crippen molar-refractivity contribution in [1.82, 2.24) is 0 Å². The predicted octanol–water partition coefficient (Wildman–Crippen LogP) is 2.80. The van der Waals surface area contributed by atoms with Crippen LogP contribution in [0.15, 0.2) is 28.7 Å². The number of rotatable bonds is 3. The number of carbonyl (C=O) groups is 1.